The third-order valence-electron chi connectivity index (χ3n) is 5.50. The summed E-state index contributed by atoms with van der Waals surface area (Å²) in [6.45, 7) is 4.89. The lowest BCUT2D eigenvalue weighted by Crippen LogP contribution is -2.31. The number of benzene rings is 1. The Kier molecular flexibility index (Phi) is 5.18. The lowest BCUT2D eigenvalue weighted by atomic mass is 9.92. The maximum Gasteiger partial charge on any atom is 0.220 e. The summed E-state index contributed by atoms with van der Waals surface area (Å²) in [4.78, 5) is 12.4. The number of tetrazole rings is 1. The first kappa shape index (κ1) is 18.3. The van der Waals surface area contributed by atoms with Gasteiger partial charge in [-0.15, -0.1) is 5.10 Å². The van der Waals surface area contributed by atoms with Gasteiger partial charge in [-0.3, -0.25) is 4.79 Å². The number of hydrogen-bond acceptors (Lipinski definition) is 5. The van der Waals surface area contributed by atoms with E-state index < -0.39 is 0 Å². The molecule has 1 aromatic carbocycles. The van der Waals surface area contributed by atoms with Gasteiger partial charge in [0.1, 0.15) is 6.33 Å². The van der Waals surface area contributed by atoms with Gasteiger partial charge in [0.05, 0.1) is 17.9 Å². The molecule has 1 aliphatic carbocycles. The van der Waals surface area contributed by atoms with Gasteiger partial charge in [0.2, 0.25) is 5.91 Å². The summed E-state index contributed by atoms with van der Waals surface area (Å²) in [5, 5.41) is 18.9. The molecule has 1 unspecified atom stereocenters. The van der Waals surface area contributed by atoms with Crippen molar-refractivity contribution in [2.45, 2.75) is 58.5 Å². The van der Waals surface area contributed by atoms with Gasteiger partial charge < -0.3 is 5.32 Å². The molecule has 0 spiro atoms. The molecule has 3 aromatic rings. The van der Waals surface area contributed by atoms with Crippen LogP contribution in [0.4, 0.5) is 0 Å². The van der Waals surface area contributed by atoms with Crippen molar-refractivity contribution < 1.29 is 4.79 Å². The normalized spacial score (nSPS) is 16.0. The van der Waals surface area contributed by atoms with Gasteiger partial charge in [-0.05, 0) is 67.2 Å². The standard InChI is InChI=1S/C20H25N7O/c1-14-6-3-8-18(15(14)2)27-19-9-4-7-17(16(19)12-22-27)23-20(28)10-5-11-26-13-21-24-25-26/h3,6,8,12-13,17H,4-5,7,9-11H2,1-2H3,(H,23,28). The van der Waals surface area contributed by atoms with E-state index >= 15 is 0 Å². The zero-order valence-corrected chi connectivity index (χ0v) is 16.3. The van der Waals surface area contributed by atoms with Crippen LogP contribution in [0, 0.1) is 13.8 Å². The minimum atomic E-state index is 0.0307. The lowest BCUT2D eigenvalue weighted by molar-refractivity contribution is -0.122. The van der Waals surface area contributed by atoms with Gasteiger partial charge in [-0.1, -0.05) is 12.1 Å². The van der Waals surface area contributed by atoms with E-state index in [2.05, 4.69) is 58.0 Å². The Morgan fingerprint density at radius 2 is 2.21 bits per heavy atom. The van der Waals surface area contributed by atoms with Gasteiger partial charge in [0.15, 0.2) is 0 Å². The second kappa shape index (κ2) is 7.92. The maximum absolute atomic E-state index is 12.4. The zero-order valence-electron chi connectivity index (χ0n) is 16.3. The molecular weight excluding hydrogens is 354 g/mol. The van der Waals surface area contributed by atoms with Crippen molar-refractivity contribution in [2.75, 3.05) is 0 Å². The first-order chi connectivity index (χ1) is 13.6. The molecular formula is C20H25N7O. The molecule has 0 saturated carbocycles. The van der Waals surface area contributed by atoms with E-state index in [1.807, 2.05) is 10.9 Å². The van der Waals surface area contributed by atoms with Crippen molar-refractivity contribution in [3.05, 3.63) is 53.1 Å². The van der Waals surface area contributed by atoms with Gasteiger partial charge >= 0.3 is 0 Å². The Labute approximate surface area is 163 Å². The van der Waals surface area contributed by atoms with Crippen LogP contribution in [-0.2, 0) is 17.8 Å². The Hall–Kier alpha value is -3.03. The predicted molar refractivity (Wildman–Crippen MR) is 104 cm³/mol. The van der Waals surface area contributed by atoms with Crippen LogP contribution < -0.4 is 5.32 Å². The first-order valence-electron chi connectivity index (χ1n) is 9.77. The van der Waals surface area contributed by atoms with Crippen LogP contribution in [0.1, 0.15) is 54.1 Å². The molecule has 1 amide bonds. The minimum Gasteiger partial charge on any atom is -0.349 e. The lowest BCUT2D eigenvalue weighted by Gasteiger charge is -2.24. The molecule has 0 fully saturated rings. The van der Waals surface area contributed by atoms with Gasteiger partial charge in [0.25, 0.3) is 0 Å². The SMILES string of the molecule is Cc1cccc(-n2ncc3c2CCCC3NC(=O)CCCn2cnnn2)c1C. The van der Waals surface area contributed by atoms with Crippen LogP contribution in [0.15, 0.2) is 30.7 Å². The molecule has 1 atom stereocenters. The molecule has 2 aromatic heterocycles. The van der Waals surface area contributed by atoms with Crippen LogP contribution in [0.25, 0.3) is 5.69 Å². The second-order valence-corrected chi connectivity index (χ2v) is 7.37. The minimum absolute atomic E-state index is 0.0307. The summed E-state index contributed by atoms with van der Waals surface area (Å²) in [5.41, 5.74) is 5.96. The van der Waals surface area contributed by atoms with Crippen molar-refractivity contribution >= 4 is 5.91 Å². The van der Waals surface area contributed by atoms with Gasteiger partial charge in [0, 0.05) is 24.2 Å². The molecule has 1 aliphatic rings. The Bertz CT molecular complexity index is 961. The fourth-order valence-electron chi connectivity index (χ4n) is 3.83. The van der Waals surface area contributed by atoms with Crippen LogP contribution in [0.3, 0.4) is 0 Å². The van der Waals surface area contributed by atoms with E-state index in [0.717, 1.165) is 30.5 Å². The molecule has 0 bridgehead atoms. The number of amides is 1. The Morgan fingerprint density at radius 1 is 1.32 bits per heavy atom. The number of nitrogens with one attached hydrogen (secondary N) is 1. The molecule has 8 heteroatoms. The molecule has 0 radical (unpaired) electrons. The van der Waals surface area contributed by atoms with E-state index in [9.17, 15) is 4.79 Å². The fraction of sp³-hybridized carbons (Fsp3) is 0.450. The summed E-state index contributed by atoms with van der Waals surface area (Å²) >= 11 is 0. The fourth-order valence-corrected chi connectivity index (χ4v) is 3.83. The Balaban J connectivity index is 1.45. The molecule has 0 saturated heterocycles. The van der Waals surface area contributed by atoms with Crippen LogP contribution in [-0.4, -0.2) is 35.9 Å². The number of carbonyl (C=O) groups excluding carboxylic acids is 1. The monoisotopic (exact) mass is 379 g/mol. The quantitative estimate of drug-likeness (QED) is 0.710. The predicted octanol–water partition coefficient (Wildman–Crippen LogP) is 2.45. The van der Waals surface area contributed by atoms with Crippen molar-refractivity contribution in [3.8, 4) is 5.69 Å². The summed E-state index contributed by atoms with van der Waals surface area (Å²) < 4.78 is 3.69. The molecule has 1 N–H and O–H groups in total. The van der Waals surface area contributed by atoms with Crippen molar-refractivity contribution in [3.63, 3.8) is 0 Å². The molecule has 146 valence electrons. The van der Waals surface area contributed by atoms with E-state index in [4.69, 9.17) is 0 Å². The van der Waals surface area contributed by atoms with Crippen molar-refractivity contribution in [2.24, 2.45) is 0 Å². The van der Waals surface area contributed by atoms with E-state index in [1.165, 1.54) is 16.8 Å². The molecule has 4 rings (SSSR count). The average molecular weight is 379 g/mol. The summed E-state index contributed by atoms with van der Waals surface area (Å²) in [6, 6.07) is 6.32. The highest BCUT2D eigenvalue weighted by Crippen LogP contribution is 2.32. The summed E-state index contributed by atoms with van der Waals surface area (Å²) in [7, 11) is 0. The Morgan fingerprint density at radius 3 is 3.04 bits per heavy atom. The van der Waals surface area contributed by atoms with Crippen molar-refractivity contribution in [1.82, 2.24) is 35.3 Å². The number of fused-ring (bicyclic) bond motifs is 1. The zero-order chi connectivity index (χ0) is 19.5. The third-order valence-corrected chi connectivity index (χ3v) is 5.50. The first-order valence-corrected chi connectivity index (χ1v) is 9.77. The van der Waals surface area contributed by atoms with E-state index in [0.29, 0.717) is 19.4 Å². The largest absolute Gasteiger partial charge is 0.349 e. The number of aromatic nitrogens is 6. The van der Waals surface area contributed by atoms with Crippen LogP contribution in [0.2, 0.25) is 0 Å². The number of nitrogens with zero attached hydrogens (tertiary/aromatic N) is 6. The van der Waals surface area contributed by atoms with E-state index in [1.54, 1.807) is 11.0 Å². The number of carbonyl (C=O) groups is 1. The van der Waals surface area contributed by atoms with Crippen LogP contribution in [0.5, 0.6) is 0 Å². The highest BCUT2D eigenvalue weighted by molar-refractivity contribution is 5.76. The second-order valence-electron chi connectivity index (χ2n) is 7.37. The van der Waals surface area contributed by atoms with Gasteiger partial charge in [-0.25, -0.2) is 9.36 Å². The highest BCUT2D eigenvalue weighted by atomic mass is 16.1. The number of rotatable bonds is 6. The maximum atomic E-state index is 12.4. The summed E-state index contributed by atoms with van der Waals surface area (Å²) in [5.74, 6) is 0.0606. The van der Waals surface area contributed by atoms with Gasteiger partial charge in [-0.2, -0.15) is 5.10 Å². The molecule has 0 aliphatic heterocycles. The molecule has 28 heavy (non-hydrogen) atoms. The van der Waals surface area contributed by atoms with E-state index in [-0.39, 0.29) is 11.9 Å². The van der Waals surface area contributed by atoms with Crippen molar-refractivity contribution in [1.29, 1.82) is 0 Å². The average Bonchev–Trinajstić information content (AvgIpc) is 3.34. The third kappa shape index (κ3) is 3.67. The smallest absolute Gasteiger partial charge is 0.220 e. The number of aryl methyl sites for hydroxylation is 2. The summed E-state index contributed by atoms with van der Waals surface area (Å²) in [6.07, 6.45) is 7.61. The highest BCUT2D eigenvalue weighted by Gasteiger charge is 2.26. The number of hydrogen-bond donors (Lipinski definition) is 1. The van der Waals surface area contributed by atoms with Crippen LogP contribution >= 0.6 is 0 Å². The molecule has 8 nitrogen and oxygen atoms in total. The topological polar surface area (TPSA) is 90.5 Å². The molecule has 2 heterocycles.